The summed E-state index contributed by atoms with van der Waals surface area (Å²) >= 11 is 0. The molecule has 2 aromatic heterocycles. The van der Waals surface area contributed by atoms with E-state index in [1.807, 2.05) is 0 Å². The fourth-order valence-corrected chi connectivity index (χ4v) is 3.15. The molecule has 2 aromatic rings. The van der Waals surface area contributed by atoms with Gasteiger partial charge in [0, 0.05) is 31.8 Å². The highest BCUT2D eigenvalue weighted by atomic mass is 16.2. The van der Waals surface area contributed by atoms with Crippen LogP contribution in [0.2, 0.25) is 0 Å². The van der Waals surface area contributed by atoms with E-state index in [1.165, 1.54) is 32.1 Å². The summed E-state index contributed by atoms with van der Waals surface area (Å²) in [5, 5.41) is 14.2. The molecule has 1 aliphatic carbocycles. The number of amides is 2. The van der Waals surface area contributed by atoms with Crippen molar-refractivity contribution in [3.8, 4) is 0 Å². The third-order valence-corrected chi connectivity index (χ3v) is 4.69. The number of urea groups is 1. The first-order valence-electron chi connectivity index (χ1n) is 9.07. The summed E-state index contributed by atoms with van der Waals surface area (Å²) in [6, 6.07) is -0.252. The summed E-state index contributed by atoms with van der Waals surface area (Å²) < 4.78 is 2.21. The molecule has 8 nitrogen and oxygen atoms in total. The fourth-order valence-electron chi connectivity index (χ4n) is 3.15. The average Bonchev–Trinajstić information content (AvgIpc) is 3.43. The second kappa shape index (κ2) is 7.16. The van der Waals surface area contributed by atoms with Crippen LogP contribution < -0.4 is 10.6 Å². The van der Waals surface area contributed by atoms with Gasteiger partial charge in [-0.25, -0.2) is 14.8 Å². The van der Waals surface area contributed by atoms with Crippen LogP contribution in [0.3, 0.4) is 0 Å². The van der Waals surface area contributed by atoms with Gasteiger partial charge in [0.1, 0.15) is 17.5 Å². The predicted octanol–water partition coefficient (Wildman–Crippen LogP) is 2.04. The molecule has 2 N–H and O–H groups in total. The van der Waals surface area contributed by atoms with E-state index in [-0.39, 0.29) is 6.03 Å². The monoisotopic (exact) mass is 341 g/mol. The molecule has 1 aliphatic heterocycles. The minimum atomic E-state index is -0.252. The third-order valence-electron chi connectivity index (χ3n) is 4.69. The van der Waals surface area contributed by atoms with E-state index in [2.05, 4.69) is 35.4 Å². The molecular formula is C17H23N7O. The Morgan fingerprint density at radius 2 is 2.00 bits per heavy atom. The number of fused-ring (bicyclic) bond motifs is 1. The zero-order valence-electron chi connectivity index (χ0n) is 14.2. The van der Waals surface area contributed by atoms with Gasteiger partial charge in [0.25, 0.3) is 0 Å². The smallest absolute Gasteiger partial charge is 0.319 e. The Hall–Kier alpha value is -2.51. The summed E-state index contributed by atoms with van der Waals surface area (Å²) in [6.07, 6.45) is 10.9. The lowest BCUT2D eigenvalue weighted by atomic mass is 10.2. The Morgan fingerprint density at radius 3 is 2.80 bits per heavy atom. The highest BCUT2D eigenvalue weighted by Crippen LogP contribution is 2.37. The van der Waals surface area contributed by atoms with E-state index in [9.17, 15) is 4.79 Å². The fraction of sp³-hybridized carbons (Fsp3) is 0.588. The molecule has 25 heavy (non-hydrogen) atoms. The molecule has 2 aliphatic rings. The molecule has 8 heteroatoms. The number of aryl methyl sites for hydroxylation is 1. The molecule has 0 bridgehead atoms. The molecule has 0 saturated heterocycles. The van der Waals surface area contributed by atoms with Gasteiger partial charge in [0.15, 0.2) is 0 Å². The largest absolute Gasteiger partial charge is 0.337 e. The molecule has 4 rings (SSSR count). The van der Waals surface area contributed by atoms with Crippen LogP contribution >= 0.6 is 0 Å². The van der Waals surface area contributed by atoms with E-state index < -0.39 is 0 Å². The number of carbonyl (C=O) groups is 1. The van der Waals surface area contributed by atoms with Crippen LogP contribution in [0.5, 0.6) is 0 Å². The van der Waals surface area contributed by atoms with Crippen molar-refractivity contribution in [3.63, 3.8) is 0 Å². The molecule has 1 fully saturated rings. The molecule has 0 aromatic carbocycles. The van der Waals surface area contributed by atoms with Crippen molar-refractivity contribution in [1.29, 1.82) is 0 Å². The molecule has 2 amide bonds. The van der Waals surface area contributed by atoms with Gasteiger partial charge in [0.2, 0.25) is 0 Å². The first-order valence-corrected chi connectivity index (χ1v) is 9.07. The van der Waals surface area contributed by atoms with Crippen molar-refractivity contribution in [2.75, 3.05) is 11.9 Å². The molecule has 0 radical (unpaired) electrons. The maximum atomic E-state index is 12.0. The highest BCUT2D eigenvalue weighted by molar-refractivity contribution is 5.88. The highest BCUT2D eigenvalue weighted by Gasteiger charge is 2.26. The van der Waals surface area contributed by atoms with Crippen LogP contribution in [0.25, 0.3) is 0 Å². The van der Waals surface area contributed by atoms with Crippen LogP contribution in [0.15, 0.2) is 12.4 Å². The van der Waals surface area contributed by atoms with Gasteiger partial charge < -0.3 is 15.2 Å². The standard InChI is InChI=1S/C17H23N7O/c25-17(21-13-10-19-16(20-11-13)12-5-6-12)18-8-7-15-23-22-14-4-2-1-3-9-24(14)15/h10-12H,1-9H2,(H2,18,21,25). The summed E-state index contributed by atoms with van der Waals surface area (Å²) in [5.74, 6) is 3.42. The van der Waals surface area contributed by atoms with Crippen molar-refractivity contribution in [3.05, 3.63) is 29.9 Å². The second-order valence-corrected chi connectivity index (χ2v) is 6.73. The van der Waals surface area contributed by atoms with Gasteiger partial charge in [0.05, 0.1) is 18.1 Å². The minimum absolute atomic E-state index is 0.252. The lowest BCUT2D eigenvalue weighted by Gasteiger charge is -2.09. The van der Waals surface area contributed by atoms with Gasteiger partial charge in [-0.2, -0.15) is 0 Å². The zero-order chi connectivity index (χ0) is 17.1. The third kappa shape index (κ3) is 3.94. The van der Waals surface area contributed by atoms with Crippen LogP contribution in [-0.4, -0.2) is 37.3 Å². The van der Waals surface area contributed by atoms with E-state index in [1.54, 1.807) is 12.4 Å². The van der Waals surface area contributed by atoms with E-state index in [0.717, 1.165) is 30.4 Å². The molecule has 132 valence electrons. The van der Waals surface area contributed by atoms with E-state index in [4.69, 9.17) is 0 Å². The first kappa shape index (κ1) is 16.0. The zero-order valence-corrected chi connectivity index (χ0v) is 14.2. The quantitative estimate of drug-likeness (QED) is 0.867. The van der Waals surface area contributed by atoms with Crippen molar-refractivity contribution in [1.82, 2.24) is 30.0 Å². The van der Waals surface area contributed by atoms with Gasteiger partial charge in [-0.15, -0.1) is 10.2 Å². The second-order valence-electron chi connectivity index (χ2n) is 6.73. The molecule has 1 saturated carbocycles. The number of hydrogen-bond acceptors (Lipinski definition) is 5. The lowest BCUT2D eigenvalue weighted by Crippen LogP contribution is -2.31. The number of nitrogens with zero attached hydrogens (tertiary/aromatic N) is 5. The first-order chi connectivity index (χ1) is 12.3. The van der Waals surface area contributed by atoms with Crippen molar-refractivity contribution >= 4 is 11.7 Å². The average molecular weight is 341 g/mol. The molecular weight excluding hydrogens is 318 g/mol. The summed E-state index contributed by atoms with van der Waals surface area (Å²) in [6.45, 7) is 1.50. The van der Waals surface area contributed by atoms with Crippen molar-refractivity contribution in [2.45, 2.75) is 57.4 Å². The maximum absolute atomic E-state index is 12.0. The number of carbonyl (C=O) groups excluding carboxylic acids is 1. The Kier molecular flexibility index (Phi) is 4.58. The van der Waals surface area contributed by atoms with Gasteiger partial charge in [-0.05, 0) is 25.7 Å². The number of hydrogen-bond donors (Lipinski definition) is 2. The summed E-state index contributed by atoms with van der Waals surface area (Å²) in [5.41, 5.74) is 0.609. The SMILES string of the molecule is O=C(NCCc1nnc2n1CCCCC2)Nc1cnc(C2CC2)nc1. The maximum Gasteiger partial charge on any atom is 0.319 e. The van der Waals surface area contributed by atoms with E-state index in [0.29, 0.717) is 24.6 Å². The Balaban J connectivity index is 1.25. The van der Waals surface area contributed by atoms with Crippen LogP contribution in [-0.2, 0) is 19.4 Å². The molecule has 0 atom stereocenters. The van der Waals surface area contributed by atoms with Crippen molar-refractivity contribution in [2.24, 2.45) is 0 Å². The number of nitrogens with one attached hydrogen (secondary N) is 2. The summed E-state index contributed by atoms with van der Waals surface area (Å²) in [4.78, 5) is 20.6. The van der Waals surface area contributed by atoms with Gasteiger partial charge >= 0.3 is 6.03 Å². The van der Waals surface area contributed by atoms with Gasteiger partial charge in [-0.3, -0.25) is 0 Å². The molecule has 3 heterocycles. The number of aromatic nitrogens is 5. The number of anilines is 1. The Morgan fingerprint density at radius 1 is 1.16 bits per heavy atom. The Bertz CT molecular complexity index is 736. The van der Waals surface area contributed by atoms with Crippen LogP contribution in [0.4, 0.5) is 10.5 Å². The minimum Gasteiger partial charge on any atom is -0.337 e. The lowest BCUT2D eigenvalue weighted by molar-refractivity contribution is 0.252. The normalized spacial score (nSPS) is 16.8. The van der Waals surface area contributed by atoms with Crippen LogP contribution in [0.1, 0.15) is 55.5 Å². The Labute approximate surface area is 146 Å². The van der Waals surface area contributed by atoms with Gasteiger partial charge in [-0.1, -0.05) is 6.42 Å². The predicted molar refractivity (Wildman–Crippen MR) is 92.3 cm³/mol. The summed E-state index contributed by atoms with van der Waals surface area (Å²) in [7, 11) is 0. The van der Waals surface area contributed by atoms with Crippen LogP contribution in [0, 0.1) is 0 Å². The van der Waals surface area contributed by atoms with Crippen molar-refractivity contribution < 1.29 is 4.79 Å². The molecule has 0 spiro atoms. The molecule has 0 unspecified atom stereocenters. The van der Waals surface area contributed by atoms with E-state index >= 15 is 0 Å². The number of rotatable bonds is 5. The topological polar surface area (TPSA) is 97.6 Å².